The molecular weight excluding hydrogens is 649 g/mol. The Labute approximate surface area is 290 Å². The summed E-state index contributed by atoms with van der Waals surface area (Å²) in [7, 11) is 3.37. The van der Waals surface area contributed by atoms with Gasteiger partial charge in [0.2, 0.25) is 5.95 Å². The second-order valence-electron chi connectivity index (χ2n) is 12.1. The molecule has 1 amide bonds. The number of carbonyl (C=O) groups excluding carboxylic acids is 1. The average Bonchev–Trinajstić information content (AvgIpc) is 3.77. The van der Waals surface area contributed by atoms with Crippen LogP contribution in [0.2, 0.25) is 10.0 Å². The van der Waals surface area contributed by atoms with E-state index in [2.05, 4.69) is 43.0 Å². The summed E-state index contributed by atoms with van der Waals surface area (Å²) in [5.74, 6) is 1.23. The maximum atomic E-state index is 13.9. The smallest absolute Gasteiger partial charge is 0.257 e. The number of benzene rings is 3. The molecule has 1 fully saturated rings. The van der Waals surface area contributed by atoms with Crippen molar-refractivity contribution in [3.63, 3.8) is 0 Å². The van der Waals surface area contributed by atoms with Crippen LogP contribution in [0.3, 0.4) is 0 Å². The van der Waals surface area contributed by atoms with Crippen molar-refractivity contribution in [3.8, 4) is 11.4 Å². The fraction of sp³-hybridized carbons (Fsp3) is 0.343. The summed E-state index contributed by atoms with van der Waals surface area (Å²) in [5.41, 5.74) is 4.21. The average molecular weight is 689 g/mol. The van der Waals surface area contributed by atoms with Gasteiger partial charge in [-0.3, -0.25) is 4.79 Å². The highest BCUT2D eigenvalue weighted by atomic mass is 35.5. The molecule has 1 N–H and O–H groups in total. The summed E-state index contributed by atoms with van der Waals surface area (Å²) >= 11 is 12.8. The first-order valence-electron chi connectivity index (χ1n) is 16.0. The molecule has 3 heterocycles. The van der Waals surface area contributed by atoms with Gasteiger partial charge < -0.3 is 24.4 Å². The Morgan fingerprint density at radius 1 is 1.12 bits per heavy atom. The predicted octanol–water partition coefficient (Wildman–Crippen LogP) is 6.34. The minimum atomic E-state index is -0.166. The number of anilines is 1. The van der Waals surface area contributed by atoms with Crippen molar-refractivity contribution >= 4 is 46.1 Å². The Morgan fingerprint density at radius 2 is 1.94 bits per heavy atom. The molecule has 3 aromatic carbocycles. The van der Waals surface area contributed by atoms with E-state index in [1.165, 1.54) is 11.0 Å². The number of carbonyl (C=O) groups is 1. The number of likely N-dealkylation sites (N-methyl/N-ethyl adjacent to an activating group) is 1. The lowest BCUT2D eigenvalue weighted by Gasteiger charge is -2.34. The molecule has 6 rings (SSSR count). The third-order valence-electron chi connectivity index (χ3n) is 8.96. The Morgan fingerprint density at radius 3 is 2.67 bits per heavy atom. The van der Waals surface area contributed by atoms with Crippen molar-refractivity contribution in [1.82, 2.24) is 39.6 Å². The topological polar surface area (TPSA) is 106 Å². The van der Waals surface area contributed by atoms with E-state index in [4.69, 9.17) is 32.9 Å². The number of hydrogen-bond acceptors (Lipinski definition) is 8. The molecular formula is C35H39Cl2N9O2. The number of piperidine rings is 1. The third kappa shape index (κ3) is 7.48. The number of nitrogens with zero attached hydrogens (tertiary/aromatic N) is 8. The summed E-state index contributed by atoms with van der Waals surface area (Å²) in [4.78, 5) is 23.0. The van der Waals surface area contributed by atoms with Gasteiger partial charge in [0.15, 0.2) is 0 Å². The second kappa shape index (κ2) is 15.2. The van der Waals surface area contributed by atoms with Gasteiger partial charge in [-0.15, -0.1) is 11.7 Å². The van der Waals surface area contributed by atoms with Gasteiger partial charge in [-0.2, -0.15) is 0 Å². The van der Waals surface area contributed by atoms with Crippen molar-refractivity contribution in [3.05, 3.63) is 101 Å². The van der Waals surface area contributed by atoms with Gasteiger partial charge in [0.25, 0.3) is 5.91 Å². The quantitative estimate of drug-likeness (QED) is 0.143. The van der Waals surface area contributed by atoms with Gasteiger partial charge in [-0.25, -0.2) is 9.67 Å². The van der Waals surface area contributed by atoms with E-state index in [0.29, 0.717) is 46.2 Å². The van der Waals surface area contributed by atoms with Gasteiger partial charge in [-0.1, -0.05) is 47.5 Å². The lowest BCUT2D eigenvalue weighted by Crippen LogP contribution is -2.40. The number of fused-ring (bicyclic) bond motifs is 1. The molecule has 1 unspecified atom stereocenters. The van der Waals surface area contributed by atoms with Crippen LogP contribution >= 0.6 is 23.2 Å². The van der Waals surface area contributed by atoms with Crippen LogP contribution in [0.4, 0.5) is 5.95 Å². The number of likely N-dealkylation sites (tertiary alicyclic amines) is 1. The molecule has 1 aliphatic rings. The molecule has 1 atom stereocenters. The number of allylic oxidation sites excluding steroid dienone is 1. The Balaban J connectivity index is 1.12. The van der Waals surface area contributed by atoms with Gasteiger partial charge in [-0.05, 0) is 84.3 Å². The van der Waals surface area contributed by atoms with Crippen LogP contribution in [0, 0.1) is 0 Å². The van der Waals surface area contributed by atoms with Crippen molar-refractivity contribution in [1.29, 1.82) is 0 Å². The van der Waals surface area contributed by atoms with Gasteiger partial charge in [0, 0.05) is 45.2 Å². The van der Waals surface area contributed by atoms with Crippen molar-refractivity contribution in [2.75, 3.05) is 45.7 Å². The molecule has 0 radical (unpaired) electrons. The summed E-state index contributed by atoms with van der Waals surface area (Å²) in [5, 5.41) is 16.1. The van der Waals surface area contributed by atoms with Crippen LogP contribution in [0.25, 0.3) is 16.7 Å². The molecule has 250 valence electrons. The molecule has 5 aromatic rings. The molecule has 0 saturated carbocycles. The van der Waals surface area contributed by atoms with Crippen LogP contribution in [0.1, 0.15) is 41.1 Å². The zero-order valence-corrected chi connectivity index (χ0v) is 28.6. The number of tetrazole rings is 1. The molecule has 13 heteroatoms. The number of hydrogen-bond donors (Lipinski definition) is 1. The third-order valence-corrected chi connectivity index (χ3v) is 9.70. The number of ether oxygens (including phenoxy) is 1. The molecule has 48 heavy (non-hydrogen) atoms. The Hall–Kier alpha value is -4.45. The number of para-hydroxylation sites is 2. The van der Waals surface area contributed by atoms with E-state index in [-0.39, 0.29) is 11.8 Å². The number of halogens is 2. The fourth-order valence-corrected chi connectivity index (χ4v) is 6.66. The highest BCUT2D eigenvalue weighted by molar-refractivity contribution is 6.42. The molecule has 1 aliphatic heterocycles. The summed E-state index contributed by atoms with van der Waals surface area (Å²) in [6.07, 6.45) is 6.24. The minimum absolute atomic E-state index is 0.0251. The van der Waals surface area contributed by atoms with Gasteiger partial charge in [0.1, 0.15) is 12.1 Å². The minimum Gasteiger partial charge on any atom is -0.496 e. The lowest BCUT2D eigenvalue weighted by molar-refractivity contribution is 0.0778. The molecule has 2 aromatic heterocycles. The van der Waals surface area contributed by atoms with Gasteiger partial charge in [0.05, 0.1) is 39.4 Å². The fourth-order valence-electron chi connectivity index (χ4n) is 6.36. The second-order valence-corrected chi connectivity index (χ2v) is 12.9. The molecule has 0 spiro atoms. The van der Waals surface area contributed by atoms with Crippen LogP contribution in [-0.4, -0.2) is 91.8 Å². The first kappa shape index (κ1) is 33.5. The number of nitrogens with one attached hydrogen (secondary N) is 1. The lowest BCUT2D eigenvalue weighted by atomic mass is 9.94. The van der Waals surface area contributed by atoms with Crippen molar-refractivity contribution < 1.29 is 9.53 Å². The maximum Gasteiger partial charge on any atom is 0.257 e. The maximum absolute atomic E-state index is 13.9. The van der Waals surface area contributed by atoms with E-state index in [1.807, 2.05) is 49.5 Å². The van der Waals surface area contributed by atoms with Crippen LogP contribution in [0.5, 0.6) is 5.75 Å². The Kier molecular flexibility index (Phi) is 10.6. The van der Waals surface area contributed by atoms with E-state index in [0.717, 1.165) is 61.4 Å². The number of rotatable bonds is 13. The van der Waals surface area contributed by atoms with Crippen molar-refractivity contribution in [2.24, 2.45) is 0 Å². The molecule has 0 bridgehead atoms. The van der Waals surface area contributed by atoms with E-state index in [1.54, 1.807) is 30.2 Å². The van der Waals surface area contributed by atoms with Crippen LogP contribution < -0.4 is 10.1 Å². The first-order chi connectivity index (χ1) is 23.3. The van der Waals surface area contributed by atoms with E-state index >= 15 is 0 Å². The highest BCUT2D eigenvalue weighted by Crippen LogP contribution is 2.31. The summed E-state index contributed by atoms with van der Waals surface area (Å²) in [6, 6.07) is 19.6. The van der Waals surface area contributed by atoms with Crippen LogP contribution in [-0.2, 0) is 6.54 Å². The predicted molar refractivity (Wildman–Crippen MR) is 190 cm³/mol. The zero-order chi connectivity index (χ0) is 33.6. The van der Waals surface area contributed by atoms with Crippen LogP contribution in [0.15, 0.2) is 79.6 Å². The number of imidazole rings is 1. The van der Waals surface area contributed by atoms with Gasteiger partial charge >= 0.3 is 0 Å². The largest absolute Gasteiger partial charge is 0.496 e. The highest BCUT2D eigenvalue weighted by Gasteiger charge is 2.25. The molecule has 1 saturated heterocycles. The molecule has 0 aliphatic carbocycles. The standard InChI is InChI=1S/C35H39Cl2N9O2/c1-4-16-45-32-8-6-5-7-31(32)40-35(45)39-26-14-18-44(19-15-26)17-13-25(24-9-11-29(36)30(37)20-24)22-43(2)34(47)28-21-27(10-12-33(28)48-3)46-23-38-41-42-46/h4-12,20-21,23,25-26H,1,13-19,22H2,2-3H3,(H,39,40). The number of amides is 1. The van der Waals surface area contributed by atoms with E-state index in [9.17, 15) is 4.79 Å². The zero-order valence-electron chi connectivity index (χ0n) is 27.1. The van der Waals surface area contributed by atoms with Crippen molar-refractivity contribution in [2.45, 2.75) is 37.8 Å². The Bertz CT molecular complexity index is 1870. The number of methoxy groups -OCH3 is 1. The SMILES string of the molecule is C=CCn1c(NC2CCN(CCC(CN(C)C(=O)c3cc(-n4cnnn4)ccc3OC)c3ccc(Cl)c(Cl)c3)CC2)nc2ccccc21. The normalized spacial score (nSPS) is 14.6. The monoisotopic (exact) mass is 687 g/mol. The summed E-state index contributed by atoms with van der Waals surface area (Å²) in [6.45, 7) is 7.92. The molecule has 11 nitrogen and oxygen atoms in total. The first-order valence-corrected chi connectivity index (χ1v) is 16.8. The number of aromatic nitrogens is 6. The summed E-state index contributed by atoms with van der Waals surface area (Å²) < 4.78 is 9.24. The van der Waals surface area contributed by atoms with E-state index < -0.39 is 0 Å².